The molecule has 21 heavy (non-hydrogen) atoms. The maximum absolute atomic E-state index is 11.6. The second-order valence-corrected chi connectivity index (χ2v) is 5.58. The number of imide groups is 2. The molecule has 2 aliphatic rings. The van der Waals surface area contributed by atoms with Crippen molar-refractivity contribution in [2.45, 2.75) is 32.7 Å². The van der Waals surface area contributed by atoms with Gasteiger partial charge in [0.2, 0.25) is 0 Å². The molecule has 2 aliphatic heterocycles. The molecule has 0 aliphatic carbocycles. The molecule has 2 saturated heterocycles. The van der Waals surface area contributed by atoms with Crippen LogP contribution in [-0.4, -0.2) is 41.4 Å². The third-order valence-electron chi connectivity index (χ3n) is 3.35. The molecular formula is C14H19N3O4. The Morgan fingerprint density at radius 3 is 2.38 bits per heavy atom. The predicted molar refractivity (Wildman–Crippen MR) is 74.9 cm³/mol. The van der Waals surface area contributed by atoms with Gasteiger partial charge in [0.05, 0.1) is 5.54 Å². The molecule has 0 aromatic heterocycles. The first-order chi connectivity index (χ1) is 9.85. The van der Waals surface area contributed by atoms with Crippen LogP contribution in [0.1, 0.15) is 27.2 Å². The highest BCUT2D eigenvalue weighted by Gasteiger charge is 2.36. The second-order valence-electron chi connectivity index (χ2n) is 5.58. The maximum Gasteiger partial charge on any atom is 0.328 e. The van der Waals surface area contributed by atoms with E-state index in [0.29, 0.717) is 12.5 Å². The first-order valence-electron chi connectivity index (χ1n) is 6.84. The highest BCUT2D eigenvalue weighted by molar-refractivity contribution is 6.29. The van der Waals surface area contributed by atoms with Crippen molar-refractivity contribution in [3.8, 4) is 0 Å². The minimum absolute atomic E-state index is 0.119. The van der Waals surface area contributed by atoms with E-state index in [2.05, 4.69) is 25.7 Å². The number of ether oxygens (including phenoxy) is 1. The molecule has 0 spiro atoms. The summed E-state index contributed by atoms with van der Waals surface area (Å²) in [6, 6.07) is -0.805. The van der Waals surface area contributed by atoms with Gasteiger partial charge in [0, 0.05) is 6.54 Å². The average Bonchev–Trinajstić information content (AvgIpc) is 2.65. The molecule has 2 heterocycles. The number of allylic oxidation sites excluding steroid dienone is 2. The van der Waals surface area contributed by atoms with Gasteiger partial charge in [-0.05, 0) is 32.4 Å². The lowest BCUT2D eigenvalue weighted by Crippen LogP contribution is -2.51. The van der Waals surface area contributed by atoms with Crippen LogP contribution in [0.4, 0.5) is 4.79 Å². The summed E-state index contributed by atoms with van der Waals surface area (Å²) in [7, 11) is 0. The van der Waals surface area contributed by atoms with Gasteiger partial charge in [-0.15, -0.1) is 0 Å². The van der Waals surface area contributed by atoms with E-state index in [1.54, 1.807) is 6.08 Å². The molecule has 0 bridgehead atoms. The number of barbiturate groups is 1. The Balaban J connectivity index is 2.23. The van der Waals surface area contributed by atoms with Crippen LogP contribution in [0.25, 0.3) is 0 Å². The number of amides is 4. The van der Waals surface area contributed by atoms with Crippen LogP contribution in [0.15, 0.2) is 23.6 Å². The summed E-state index contributed by atoms with van der Waals surface area (Å²) in [4.78, 5) is 36.3. The molecule has 2 N–H and O–H groups in total. The molecule has 7 nitrogen and oxygen atoms in total. The summed E-state index contributed by atoms with van der Waals surface area (Å²) in [5.74, 6) is -0.799. The zero-order valence-electron chi connectivity index (χ0n) is 12.4. The van der Waals surface area contributed by atoms with Gasteiger partial charge < -0.3 is 9.64 Å². The van der Waals surface area contributed by atoms with E-state index in [4.69, 9.17) is 4.74 Å². The SMILES string of the molecule is CCCN1/C(=C/C=C2C(=O)NC(=O)NC2=O)OCC1(C)C. The first-order valence-corrected chi connectivity index (χ1v) is 6.84. The molecule has 2 fully saturated rings. The predicted octanol–water partition coefficient (Wildman–Crippen LogP) is 0.641. The minimum atomic E-state index is -0.805. The third kappa shape index (κ3) is 3.07. The van der Waals surface area contributed by atoms with Gasteiger partial charge in [0.1, 0.15) is 12.2 Å². The third-order valence-corrected chi connectivity index (χ3v) is 3.35. The van der Waals surface area contributed by atoms with Gasteiger partial charge in [0.15, 0.2) is 5.88 Å². The minimum Gasteiger partial charge on any atom is -0.477 e. The Morgan fingerprint density at radius 2 is 1.81 bits per heavy atom. The summed E-state index contributed by atoms with van der Waals surface area (Å²) >= 11 is 0. The number of carbonyl (C=O) groups excluding carboxylic acids is 3. The average molecular weight is 293 g/mol. The Hall–Kier alpha value is -2.31. The standard InChI is InChI=1S/C14H19N3O4/c1-4-7-17-10(21-8-14(17,2)3)6-5-9-11(18)15-13(20)16-12(9)19/h5-6H,4,7-8H2,1-3H3,(H2,15,16,18,19,20)/b10-6-. The second kappa shape index (κ2) is 5.59. The molecule has 0 aromatic rings. The molecular weight excluding hydrogens is 274 g/mol. The molecule has 2 rings (SSSR count). The van der Waals surface area contributed by atoms with Crippen molar-refractivity contribution in [1.82, 2.24) is 15.5 Å². The van der Waals surface area contributed by atoms with E-state index in [1.807, 2.05) is 10.6 Å². The van der Waals surface area contributed by atoms with Crippen molar-refractivity contribution in [3.05, 3.63) is 23.6 Å². The molecule has 4 amide bonds. The molecule has 0 radical (unpaired) electrons. The Bertz CT molecular complexity index is 526. The maximum atomic E-state index is 11.6. The van der Waals surface area contributed by atoms with Gasteiger partial charge in [-0.25, -0.2) is 4.79 Å². The van der Waals surface area contributed by atoms with Gasteiger partial charge in [-0.2, -0.15) is 0 Å². The van der Waals surface area contributed by atoms with Crippen LogP contribution in [-0.2, 0) is 14.3 Å². The van der Waals surface area contributed by atoms with Crippen LogP contribution >= 0.6 is 0 Å². The molecule has 0 unspecified atom stereocenters. The lowest BCUT2D eigenvalue weighted by atomic mass is 10.1. The van der Waals surface area contributed by atoms with E-state index in [1.165, 1.54) is 6.08 Å². The van der Waals surface area contributed by atoms with Crippen LogP contribution in [0.2, 0.25) is 0 Å². The zero-order valence-corrected chi connectivity index (χ0v) is 12.4. The number of nitrogens with zero attached hydrogens (tertiary/aromatic N) is 1. The molecule has 114 valence electrons. The fraction of sp³-hybridized carbons (Fsp3) is 0.500. The van der Waals surface area contributed by atoms with Crippen molar-refractivity contribution in [1.29, 1.82) is 0 Å². The largest absolute Gasteiger partial charge is 0.477 e. The normalized spacial score (nSPS) is 23.0. The Labute approximate surface area is 123 Å². The fourth-order valence-corrected chi connectivity index (χ4v) is 2.26. The Morgan fingerprint density at radius 1 is 1.19 bits per heavy atom. The smallest absolute Gasteiger partial charge is 0.328 e. The van der Waals surface area contributed by atoms with Gasteiger partial charge in [0.25, 0.3) is 11.8 Å². The number of hydrogen-bond acceptors (Lipinski definition) is 5. The highest BCUT2D eigenvalue weighted by atomic mass is 16.5. The quantitative estimate of drug-likeness (QED) is 0.589. The van der Waals surface area contributed by atoms with Crippen LogP contribution in [0.5, 0.6) is 0 Å². The summed E-state index contributed by atoms with van der Waals surface area (Å²) in [5, 5.41) is 4.05. The fourth-order valence-electron chi connectivity index (χ4n) is 2.26. The topological polar surface area (TPSA) is 87.7 Å². The van der Waals surface area contributed by atoms with Crippen LogP contribution in [0, 0.1) is 0 Å². The monoisotopic (exact) mass is 293 g/mol. The first kappa shape index (κ1) is 15.1. The lowest BCUT2D eigenvalue weighted by Gasteiger charge is -2.30. The Kier molecular flexibility index (Phi) is 4.02. The molecule has 0 atom stereocenters. The van der Waals surface area contributed by atoms with E-state index in [9.17, 15) is 14.4 Å². The van der Waals surface area contributed by atoms with Crippen LogP contribution < -0.4 is 10.6 Å². The number of hydrogen-bond donors (Lipinski definition) is 2. The van der Waals surface area contributed by atoms with E-state index >= 15 is 0 Å². The van der Waals surface area contributed by atoms with Crippen molar-refractivity contribution in [2.24, 2.45) is 0 Å². The lowest BCUT2D eigenvalue weighted by molar-refractivity contribution is -0.124. The summed E-state index contributed by atoms with van der Waals surface area (Å²) in [6.45, 7) is 7.56. The van der Waals surface area contributed by atoms with Crippen LogP contribution in [0.3, 0.4) is 0 Å². The number of nitrogens with one attached hydrogen (secondary N) is 2. The van der Waals surface area contributed by atoms with Crippen molar-refractivity contribution >= 4 is 17.8 Å². The zero-order chi connectivity index (χ0) is 15.6. The highest BCUT2D eigenvalue weighted by Crippen LogP contribution is 2.29. The van der Waals surface area contributed by atoms with Crippen molar-refractivity contribution in [3.63, 3.8) is 0 Å². The summed E-state index contributed by atoms with van der Waals surface area (Å²) in [5.41, 5.74) is -0.250. The van der Waals surface area contributed by atoms with E-state index in [-0.39, 0.29) is 11.1 Å². The summed E-state index contributed by atoms with van der Waals surface area (Å²) < 4.78 is 5.63. The van der Waals surface area contributed by atoms with Crippen molar-refractivity contribution in [2.75, 3.05) is 13.2 Å². The number of urea groups is 1. The molecule has 0 saturated carbocycles. The number of carbonyl (C=O) groups is 3. The van der Waals surface area contributed by atoms with Gasteiger partial charge >= 0.3 is 6.03 Å². The van der Waals surface area contributed by atoms with E-state index < -0.39 is 17.8 Å². The summed E-state index contributed by atoms with van der Waals surface area (Å²) in [6.07, 6.45) is 3.92. The van der Waals surface area contributed by atoms with Crippen molar-refractivity contribution < 1.29 is 19.1 Å². The molecule has 0 aromatic carbocycles. The molecule has 7 heteroatoms. The van der Waals surface area contributed by atoms with Gasteiger partial charge in [-0.1, -0.05) is 6.92 Å². The number of rotatable bonds is 3. The van der Waals surface area contributed by atoms with E-state index in [0.717, 1.165) is 13.0 Å². The van der Waals surface area contributed by atoms with Gasteiger partial charge in [-0.3, -0.25) is 20.2 Å².